The number of fused-ring (bicyclic) bond motifs is 1. The molecule has 0 atom stereocenters. The van der Waals surface area contributed by atoms with Crippen LogP contribution in [0, 0.1) is 0 Å². The predicted molar refractivity (Wildman–Crippen MR) is 111 cm³/mol. The lowest BCUT2D eigenvalue weighted by Gasteiger charge is -2.17. The Balaban J connectivity index is 1.49. The summed E-state index contributed by atoms with van der Waals surface area (Å²) in [4.78, 5) is 27.3. The number of carbonyl (C=O) groups excluding carboxylic acids is 1. The van der Waals surface area contributed by atoms with Crippen molar-refractivity contribution >= 4 is 40.2 Å². The molecule has 3 N–H and O–H groups in total. The molecule has 0 aliphatic carbocycles. The van der Waals surface area contributed by atoms with Gasteiger partial charge in [-0.3, -0.25) is 5.32 Å². The first-order chi connectivity index (χ1) is 13.7. The van der Waals surface area contributed by atoms with Gasteiger partial charge in [-0.15, -0.1) is 0 Å². The van der Waals surface area contributed by atoms with Crippen molar-refractivity contribution in [2.24, 2.45) is 0 Å². The third kappa shape index (κ3) is 4.11. The first-order valence-electron chi connectivity index (χ1n) is 9.52. The van der Waals surface area contributed by atoms with Crippen LogP contribution in [0.3, 0.4) is 0 Å². The first kappa shape index (κ1) is 18.0. The molecule has 1 aromatic carbocycles. The standard InChI is InChI=1S/C20H23N7O/c1-2-21-20(28)26-17-10-9-16-19(24-17)25-18(13-22-16)23-14-5-7-15(8-6-14)27-11-3-4-12-27/h5-10,13H,2-4,11-12H2,1H3,(H3,21,23,24,25,26,28). The largest absolute Gasteiger partial charge is 0.372 e. The summed E-state index contributed by atoms with van der Waals surface area (Å²) in [6.45, 7) is 4.65. The molecule has 0 spiro atoms. The van der Waals surface area contributed by atoms with Gasteiger partial charge in [0.15, 0.2) is 11.5 Å². The summed E-state index contributed by atoms with van der Waals surface area (Å²) < 4.78 is 0. The highest BCUT2D eigenvalue weighted by atomic mass is 16.2. The van der Waals surface area contributed by atoms with Crippen LogP contribution in [-0.4, -0.2) is 40.6 Å². The summed E-state index contributed by atoms with van der Waals surface area (Å²) in [5, 5.41) is 8.61. The fraction of sp³-hybridized carbons (Fsp3) is 0.300. The average Bonchev–Trinajstić information content (AvgIpc) is 3.23. The molecule has 1 fully saturated rings. The van der Waals surface area contributed by atoms with Gasteiger partial charge in [0.25, 0.3) is 0 Å². The number of nitrogens with zero attached hydrogens (tertiary/aromatic N) is 4. The van der Waals surface area contributed by atoms with Gasteiger partial charge in [0.05, 0.1) is 6.20 Å². The third-order valence-corrected chi connectivity index (χ3v) is 4.60. The Morgan fingerprint density at radius 3 is 2.54 bits per heavy atom. The molecule has 8 heteroatoms. The van der Waals surface area contributed by atoms with E-state index in [-0.39, 0.29) is 6.03 Å². The maximum absolute atomic E-state index is 11.7. The predicted octanol–water partition coefficient (Wildman–Crippen LogP) is 3.51. The molecule has 1 aliphatic heterocycles. The van der Waals surface area contributed by atoms with Crippen molar-refractivity contribution in [1.82, 2.24) is 20.3 Å². The van der Waals surface area contributed by atoms with Gasteiger partial charge in [-0.1, -0.05) is 0 Å². The lowest BCUT2D eigenvalue weighted by Crippen LogP contribution is -2.28. The minimum absolute atomic E-state index is 0.297. The minimum Gasteiger partial charge on any atom is -0.372 e. The number of urea groups is 1. The fourth-order valence-corrected chi connectivity index (χ4v) is 3.23. The number of nitrogens with one attached hydrogen (secondary N) is 3. The molecule has 2 amide bonds. The molecule has 4 rings (SSSR count). The molecule has 1 aliphatic rings. The van der Waals surface area contributed by atoms with Crippen molar-refractivity contribution in [3.05, 3.63) is 42.6 Å². The Kier molecular flexibility index (Phi) is 5.18. The number of amides is 2. The smallest absolute Gasteiger partial charge is 0.320 e. The number of aromatic nitrogens is 3. The van der Waals surface area contributed by atoms with Crippen LogP contribution in [0.15, 0.2) is 42.6 Å². The summed E-state index contributed by atoms with van der Waals surface area (Å²) in [5.74, 6) is 1.03. The highest BCUT2D eigenvalue weighted by Crippen LogP contribution is 2.24. The normalized spacial score (nSPS) is 13.5. The Labute approximate surface area is 163 Å². The van der Waals surface area contributed by atoms with Crippen LogP contribution in [-0.2, 0) is 0 Å². The van der Waals surface area contributed by atoms with Gasteiger partial charge >= 0.3 is 6.03 Å². The Bertz CT molecular complexity index is 968. The monoisotopic (exact) mass is 377 g/mol. The molecule has 28 heavy (non-hydrogen) atoms. The second-order valence-electron chi connectivity index (χ2n) is 6.64. The average molecular weight is 377 g/mol. The molecule has 0 bridgehead atoms. The van der Waals surface area contributed by atoms with Crippen molar-refractivity contribution in [2.75, 3.05) is 35.2 Å². The molecule has 1 saturated heterocycles. The van der Waals surface area contributed by atoms with E-state index >= 15 is 0 Å². The lowest BCUT2D eigenvalue weighted by atomic mass is 10.2. The van der Waals surface area contributed by atoms with Crippen molar-refractivity contribution in [1.29, 1.82) is 0 Å². The molecule has 144 valence electrons. The highest BCUT2D eigenvalue weighted by Gasteiger charge is 2.12. The number of hydrogen-bond donors (Lipinski definition) is 3. The molecule has 2 aromatic heterocycles. The Morgan fingerprint density at radius 2 is 1.79 bits per heavy atom. The number of carbonyl (C=O) groups is 1. The zero-order valence-electron chi connectivity index (χ0n) is 15.8. The molecular weight excluding hydrogens is 354 g/mol. The Morgan fingerprint density at radius 1 is 1.04 bits per heavy atom. The second kappa shape index (κ2) is 8.08. The SMILES string of the molecule is CCNC(=O)Nc1ccc2ncc(Nc3ccc(N4CCCC4)cc3)nc2n1. The quantitative estimate of drug-likeness (QED) is 0.630. The van der Waals surface area contributed by atoms with E-state index in [0.717, 1.165) is 18.8 Å². The number of anilines is 4. The van der Waals surface area contributed by atoms with Gasteiger partial charge in [0.2, 0.25) is 0 Å². The van der Waals surface area contributed by atoms with Crippen LogP contribution in [0.5, 0.6) is 0 Å². The fourth-order valence-electron chi connectivity index (χ4n) is 3.23. The van der Waals surface area contributed by atoms with E-state index < -0.39 is 0 Å². The molecule has 0 radical (unpaired) electrons. The van der Waals surface area contributed by atoms with Crippen LogP contribution >= 0.6 is 0 Å². The van der Waals surface area contributed by atoms with Gasteiger partial charge in [-0.25, -0.2) is 19.7 Å². The molecule has 3 heterocycles. The summed E-state index contributed by atoms with van der Waals surface area (Å²) in [7, 11) is 0. The number of pyridine rings is 1. The van der Waals surface area contributed by atoms with E-state index in [4.69, 9.17) is 0 Å². The van der Waals surface area contributed by atoms with E-state index in [9.17, 15) is 4.79 Å². The summed E-state index contributed by atoms with van der Waals surface area (Å²) in [6.07, 6.45) is 4.20. The van der Waals surface area contributed by atoms with Crippen LogP contribution in [0.1, 0.15) is 19.8 Å². The maximum atomic E-state index is 11.7. The zero-order valence-corrected chi connectivity index (χ0v) is 15.8. The van der Waals surface area contributed by atoms with E-state index in [0.29, 0.717) is 29.3 Å². The first-order valence-corrected chi connectivity index (χ1v) is 9.52. The van der Waals surface area contributed by atoms with E-state index in [1.165, 1.54) is 18.5 Å². The molecular formula is C20H23N7O. The molecule has 0 unspecified atom stereocenters. The maximum Gasteiger partial charge on any atom is 0.320 e. The topological polar surface area (TPSA) is 95.1 Å². The van der Waals surface area contributed by atoms with Crippen molar-refractivity contribution < 1.29 is 4.79 Å². The van der Waals surface area contributed by atoms with Gasteiger partial charge in [-0.2, -0.15) is 0 Å². The van der Waals surface area contributed by atoms with E-state index in [1.807, 2.05) is 19.1 Å². The van der Waals surface area contributed by atoms with Gasteiger partial charge in [0.1, 0.15) is 11.3 Å². The Hall–Kier alpha value is -3.42. The molecule has 0 saturated carbocycles. The highest BCUT2D eigenvalue weighted by molar-refractivity contribution is 5.89. The molecule has 3 aromatic rings. The van der Waals surface area contributed by atoms with Crippen LogP contribution in [0.25, 0.3) is 11.2 Å². The summed E-state index contributed by atoms with van der Waals surface area (Å²) >= 11 is 0. The van der Waals surface area contributed by atoms with E-state index in [2.05, 4.69) is 47.9 Å². The number of rotatable bonds is 5. The second-order valence-corrected chi connectivity index (χ2v) is 6.64. The van der Waals surface area contributed by atoms with Crippen molar-refractivity contribution in [3.63, 3.8) is 0 Å². The van der Waals surface area contributed by atoms with Crippen LogP contribution < -0.4 is 20.9 Å². The van der Waals surface area contributed by atoms with Crippen LogP contribution in [0.2, 0.25) is 0 Å². The minimum atomic E-state index is -0.297. The third-order valence-electron chi connectivity index (χ3n) is 4.60. The van der Waals surface area contributed by atoms with Gasteiger partial charge in [-0.05, 0) is 56.2 Å². The van der Waals surface area contributed by atoms with Gasteiger partial charge in [0, 0.05) is 31.0 Å². The van der Waals surface area contributed by atoms with E-state index in [1.54, 1.807) is 18.3 Å². The van der Waals surface area contributed by atoms with Crippen molar-refractivity contribution in [3.8, 4) is 0 Å². The number of benzene rings is 1. The lowest BCUT2D eigenvalue weighted by molar-refractivity contribution is 0.252. The van der Waals surface area contributed by atoms with Crippen LogP contribution in [0.4, 0.5) is 27.8 Å². The zero-order chi connectivity index (χ0) is 19.3. The van der Waals surface area contributed by atoms with Crippen molar-refractivity contribution in [2.45, 2.75) is 19.8 Å². The number of hydrogen-bond acceptors (Lipinski definition) is 6. The summed E-state index contributed by atoms with van der Waals surface area (Å²) in [5.41, 5.74) is 3.31. The van der Waals surface area contributed by atoms with Gasteiger partial charge < -0.3 is 15.5 Å². The summed E-state index contributed by atoms with van der Waals surface area (Å²) in [6, 6.07) is 11.5. The molecule has 8 nitrogen and oxygen atoms in total.